The zero-order valence-electron chi connectivity index (χ0n) is 9.34. The molecule has 0 radical (unpaired) electrons. The summed E-state index contributed by atoms with van der Waals surface area (Å²) >= 11 is 1.15. The van der Waals surface area contributed by atoms with Gasteiger partial charge in [-0.25, -0.2) is 9.97 Å². The monoisotopic (exact) mass is 267 g/mol. The Hall–Kier alpha value is -2.22. The van der Waals surface area contributed by atoms with Crippen LogP contribution in [0.15, 0.2) is 16.2 Å². The van der Waals surface area contributed by atoms with E-state index in [9.17, 15) is 9.59 Å². The van der Waals surface area contributed by atoms with E-state index in [-0.39, 0.29) is 12.2 Å². The van der Waals surface area contributed by atoms with Crippen molar-refractivity contribution in [1.29, 1.82) is 0 Å². The number of carbonyl (C=O) groups is 2. The molecule has 0 aromatic carbocycles. The van der Waals surface area contributed by atoms with Gasteiger partial charge in [0.1, 0.15) is 0 Å². The van der Waals surface area contributed by atoms with Gasteiger partial charge in [-0.2, -0.15) is 0 Å². The third-order valence-corrected chi connectivity index (χ3v) is 2.86. The van der Waals surface area contributed by atoms with Gasteiger partial charge in [0.25, 0.3) is 5.91 Å². The topological polar surface area (TPSA) is 105 Å². The van der Waals surface area contributed by atoms with Gasteiger partial charge in [0.05, 0.1) is 17.8 Å². The van der Waals surface area contributed by atoms with Crippen LogP contribution >= 0.6 is 11.3 Å². The summed E-state index contributed by atoms with van der Waals surface area (Å²) in [5.41, 5.74) is 0.881. The molecule has 2 aromatic heterocycles. The van der Waals surface area contributed by atoms with Gasteiger partial charge in [-0.15, -0.1) is 11.3 Å². The lowest BCUT2D eigenvalue weighted by atomic mass is 10.3. The summed E-state index contributed by atoms with van der Waals surface area (Å²) in [5, 5.41) is 13.0. The zero-order chi connectivity index (χ0) is 13.1. The molecule has 2 heterocycles. The van der Waals surface area contributed by atoms with Crippen molar-refractivity contribution in [2.75, 3.05) is 5.32 Å². The number of carboxylic acids is 1. The molecule has 0 aliphatic carbocycles. The number of hydrogen-bond donors (Lipinski definition) is 2. The fraction of sp³-hybridized carbons (Fsp3) is 0.200. The first-order chi connectivity index (χ1) is 8.56. The van der Waals surface area contributed by atoms with Crippen molar-refractivity contribution in [2.45, 2.75) is 13.3 Å². The van der Waals surface area contributed by atoms with Gasteiger partial charge in [-0.05, 0) is 6.92 Å². The molecule has 7 nitrogen and oxygen atoms in total. The van der Waals surface area contributed by atoms with E-state index in [1.807, 2.05) is 0 Å². The van der Waals surface area contributed by atoms with Crippen LogP contribution in [0, 0.1) is 6.92 Å². The summed E-state index contributed by atoms with van der Waals surface area (Å²) in [6.45, 7) is 1.65. The van der Waals surface area contributed by atoms with Crippen molar-refractivity contribution in [3.63, 3.8) is 0 Å². The number of aryl methyl sites for hydroxylation is 1. The van der Waals surface area contributed by atoms with Gasteiger partial charge < -0.3 is 9.52 Å². The third kappa shape index (κ3) is 2.72. The highest BCUT2D eigenvalue weighted by atomic mass is 32.1. The van der Waals surface area contributed by atoms with Gasteiger partial charge in [-0.3, -0.25) is 14.9 Å². The molecule has 0 aliphatic heterocycles. The summed E-state index contributed by atoms with van der Waals surface area (Å²) in [6, 6.07) is 0. The molecule has 94 valence electrons. The quantitative estimate of drug-likeness (QED) is 0.865. The van der Waals surface area contributed by atoms with Crippen molar-refractivity contribution >= 4 is 28.3 Å². The van der Waals surface area contributed by atoms with Gasteiger partial charge in [0.2, 0.25) is 5.76 Å². The highest BCUT2D eigenvalue weighted by Gasteiger charge is 2.15. The van der Waals surface area contributed by atoms with Gasteiger partial charge >= 0.3 is 5.97 Å². The smallest absolute Gasteiger partial charge is 0.309 e. The Bertz CT molecular complexity index is 589. The van der Waals surface area contributed by atoms with Crippen LogP contribution in [-0.4, -0.2) is 27.0 Å². The molecular formula is C10H9N3O4S. The molecule has 0 fully saturated rings. The largest absolute Gasteiger partial charge is 0.481 e. The molecule has 2 aromatic rings. The first-order valence-corrected chi connectivity index (χ1v) is 5.82. The number of rotatable bonds is 4. The van der Waals surface area contributed by atoms with Crippen LogP contribution in [0.2, 0.25) is 0 Å². The number of oxazole rings is 1. The van der Waals surface area contributed by atoms with Crippen molar-refractivity contribution in [1.82, 2.24) is 9.97 Å². The number of nitrogens with zero attached hydrogens (tertiary/aromatic N) is 2. The number of amides is 1. The first-order valence-electron chi connectivity index (χ1n) is 4.94. The number of carbonyl (C=O) groups excluding carboxylic acids is 1. The van der Waals surface area contributed by atoms with Gasteiger partial charge in [0, 0.05) is 5.38 Å². The van der Waals surface area contributed by atoms with Gasteiger partial charge in [-0.1, -0.05) is 0 Å². The first kappa shape index (κ1) is 12.2. The summed E-state index contributed by atoms with van der Waals surface area (Å²) in [7, 11) is 0. The van der Waals surface area contributed by atoms with Crippen LogP contribution in [0.4, 0.5) is 5.13 Å². The molecule has 0 saturated heterocycles. The molecule has 0 bridgehead atoms. The molecule has 2 N–H and O–H groups in total. The molecule has 0 spiro atoms. The van der Waals surface area contributed by atoms with Crippen molar-refractivity contribution in [3.05, 3.63) is 28.9 Å². The molecule has 0 unspecified atom stereocenters. The van der Waals surface area contributed by atoms with E-state index in [1.54, 1.807) is 12.3 Å². The maximum atomic E-state index is 11.7. The van der Waals surface area contributed by atoms with Crippen molar-refractivity contribution in [3.8, 4) is 0 Å². The number of aromatic nitrogens is 2. The zero-order valence-corrected chi connectivity index (χ0v) is 10.2. The number of nitrogens with one attached hydrogen (secondary N) is 1. The van der Waals surface area contributed by atoms with E-state index in [1.165, 1.54) is 6.39 Å². The Balaban J connectivity index is 2.06. The van der Waals surface area contributed by atoms with E-state index >= 15 is 0 Å². The number of aliphatic carboxylic acids is 1. The molecule has 0 aliphatic rings. The lowest BCUT2D eigenvalue weighted by molar-refractivity contribution is -0.136. The highest BCUT2D eigenvalue weighted by molar-refractivity contribution is 7.14. The molecular weight excluding hydrogens is 258 g/mol. The molecule has 8 heteroatoms. The molecule has 18 heavy (non-hydrogen) atoms. The Morgan fingerprint density at radius 1 is 1.56 bits per heavy atom. The standard InChI is InChI=1S/C10H9N3O4S/c1-5-8(17-4-11-5)9(16)13-10-12-6(3-18-10)2-7(14)15/h3-4H,2H2,1H3,(H,14,15)(H,12,13,16). The average Bonchev–Trinajstić information content (AvgIpc) is 2.87. The number of thiazole rings is 1. The lowest BCUT2D eigenvalue weighted by Gasteiger charge is -1.97. The van der Waals surface area contributed by atoms with Crippen LogP contribution in [0.5, 0.6) is 0 Å². The second-order valence-electron chi connectivity index (χ2n) is 3.44. The van der Waals surface area contributed by atoms with Crippen LogP contribution in [0.3, 0.4) is 0 Å². The third-order valence-electron chi connectivity index (χ3n) is 2.06. The van der Waals surface area contributed by atoms with E-state index in [4.69, 9.17) is 9.52 Å². The molecule has 2 rings (SSSR count). The normalized spacial score (nSPS) is 10.3. The average molecular weight is 267 g/mol. The Morgan fingerprint density at radius 2 is 2.33 bits per heavy atom. The van der Waals surface area contributed by atoms with Crippen LogP contribution < -0.4 is 5.32 Å². The number of hydrogen-bond acceptors (Lipinski definition) is 6. The second-order valence-corrected chi connectivity index (χ2v) is 4.29. The van der Waals surface area contributed by atoms with E-state index < -0.39 is 11.9 Å². The minimum absolute atomic E-state index is 0.116. The maximum absolute atomic E-state index is 11.7. The minimum Gasteiger partial charge on any atom is -0.481 e. The highest BCUT2D eigenvalue weighted by Crippen LogP contribution is 2.17. The van der Waals surface area contributed by atoms with E-state index in [0.717, 1.165) is 11.3 Å². The van der Waals surface area contributed by atoms with E-state index in [0.29, 0.717) is 16.5 Å². The summed E-state index contributed by atoms with van der Waals surface area (Å²) < 4.78 is 4.93. The minimum atomic E-state index is -0.968. The van der Waals surface area contributed by atoms with Gasteiger partial charge in [0.15, 0.2) is 11.5 Å². The summed E-state index contributed by atoms with van der Waals surface area (Å²) in [4.78, 5) is 30.0. The van der Waals surface area contributed by atoms with Crippen molar-refractivity contribution < 1.29 is 19.1 Å². The summed E-state index contributed by atoms with van der Waals surface area (Å²) in [5.74, 6) is -1.31. The predicted molar refractivity (Wildman–Crippen MR) is 62.6 cm³/mol. The van der Waals surface area contributed by atoms with E-state index in [2.05, 4.69) is 15.3 Å². The molecule has 1 amide bonds. The number of anilines is 1. The van der Waals surface area contributed by atoms with Crippen molar-refractivity contribution in [2.24, 2.45) is 0 Å². The Labute approximate surface area is 105 Å². The van der Waals surface area contributed by atoms with Crippen LogP contribution in [0.1, 0.15) is 21.9 Å². The predicted octanol–water partition coefficient (Wildman–Crippen LogP) is 1.32. The maximum Gasteiger partial charge on any atom is 0.309 e. The second kappa shape index (κ2) is 4.96. The Morgan fingerprint density at radius 3 is 2.94 bits per heavy atom. The van der Waals surface area contributed by atoms with Crippen LogP contribution in [0.25, 0.3) is 0 Å². The lowest BCUT2D eigenvalue weighted by Crippen LogP contribution is -2.12. The molecule has 0 saturated carbocycles. The fourth-order valence-electron chi connectivity index (χ4n) is 1.27. The molecule has 0 atom stereocenters. The number of carboxylic acid groups (broad SMARTS) is 1. The van der Waals surface area contributed by atoms with Crippen LogP contribution in [-0.2, 0) is 11.2 Å². The SMILES string of the molecule is Cc1ncoc1C(=O)Nc1nc(CC(=O)O)cs1. The summed E-state index contributed by atoms with van der Waals surface area (Å²) in [6.07, 6.45) is 1.01. The fourth-order valence-corrected chi connectivity index (χ4v) is 1.98. The Kier molecular flexibility index (Phi) is 3.38.